The Kier molecular flexibility index (Phi) is 12.0. The third-order valence-electron chi connectivity index (χ3n) is 5.36. The first-order valence-electron chi connectivity index (χ1n) is 9.92. The van der Waals surface area contributed by atoms with Gasteiger partial charge in [-0.25, -0.2) is 0 Å². The summed E-state index contributed by atoms with van der Waals surface area (Å²) < 4.78 is 0. The third kappa shape index (κ3) is 8.23. The number of rotatable bonds is 7. The molecule has 2 fully saturated rings. The molecular formula is C20H35Cl2N5O. The Balaban J connectivity index is 0.00000196. The molecule has 6 nitrogen and oxygen atoms in total. The monoisotopic (exact) mass is 431 g/mol. The number of carbonyl (C=O) groups excluding carboxylic acids is 1. The number of nitrogens with one attached hydrogen (secondary N) is 2. The van der Waals surface area contributed by atoms with Gasteiger partial charge in [0.1, 0.15) is 0 Å². The minimum Gasteiger partial charge on any atom is -0.352 e. The van der Waals surface area contributed by atoms with Crippen LogP contribution >= 0.6 is 24.8 Å². The van der Waals surface area contributed by atoms with Crippen LogP contribution in [0.4, 0.5) is 0 Å². The van der Waals surface area contributed by atoms with E-state index in [1.807, 2.05) is 12.1 Å². The molecule has 3 rings (SSSR count). The average Bonchev–Trinajstić information content (AvgIpc) is 2.68. The van der Waals surface area contributed by atoms with Crippen LogP contribution in [0.15, 0.2) is 24.3 Å². The van der Waals surface area contributed by atoms with E-state index in [0.717, 1.165) is 84.0 Å². The van der Waals surface area contributed by atoms with Crippen LogP contribution in [0.2, 0.25) is 0 Å². The molecule has 0 radical (unpaired) electrons. The maximum Gasteiger partial charge on any atom is 0.251 e. The number of amides is 1. The van der Waals surface area contributed by atoms with E-state index in [9.17, 15) is 4.79 Å². The van der Waals surface area contributed by atoms with E-state index in [2.05, 4.69) is 44.5 Å². The van der Waals surface area contributed by atoms with Crippen molar-refractivity contribution in [3.8, 4) is 0 Å². The van der Waals surface area contributed by atoms with Crippen molar-refractivity contribution in [2.45, 2.75) is 13.0 Å². The topological polar surface area (TPSA) is 50.9 Å². The van der Waals surface area contributed by atoms with Crippen molar-refractivity contribution in [2.24, 2.45) is 0 Å². The molecule has 0 aliphatic carbocycles. The van der Waals surface area contributed by atoms with Crippen molar-refractivity contribution >= 4 is 30.7 Å². The van der Waals surface area contributed by atoms with Gasteiger partial charge in [0.05, 0.1) is 0 Å². The van der Waals surface area contributed by atoms with E-state index in [1.165, 1.54) is 5.56 Å². The Bertz CT molecular complexity index is 558. The molecule has 2 saturated heterocycles. The van der Waals surface area contributed by atoms with Gasteiger partial charge in [-0.1, -0.05) is 12.1 Å². The largest absolute Gasteiger partial charge is 0.352 e. The van der Waals surface area contributed by atoms with E-state index in [-0.39, 0.29) is 30.7 Å². The molecule has 2 aliphatic heterocycles. The third-order valence-corrected chi connectivity index (χ3v) is 5.36. The zero-order valence-corrected chi connectivity index (χ0v) is 18.5. The predicted molar refractivity (Wildman–Crippen MR) is 120 cm³/mol. The number of carbonyl (C=O) groups is 1. The minimum atomic E-state index is 0. The van der Waals surface area contributed by atoms with Crippen LogP contribution in [-0.4, -0.2) is 93.1 Å². The summed E-state index contributed by atoms with van der Waals surface area (Å²) in [6.45, 7) is 11.7. The van der Waals surface area contributed by atoms with E-state index >= 15 is 0 Å². The zero-order valence-electron chi connectivity index (χ0n) is 16.9. The first-order chi connectivity index (χ1) is 12.7. The van der Waals surface area contributed by atoms with Crippen LogP contribution in [-0.2, 0) is 6.54 Å². The second kappa shape index (κ2) is 13.4. The first-order valence-corrected chi connectivity index (χ1v) is 9.92. The fourth-order valence-electron chi connectivity index (χ4n) is 3.57. The highest BCUT2D eigenvalue weighted by molar-refractivity contribution is 5.94. The highest BCUT2D eigenvalue weighted by Gasteiger charge is 2.14. The number of piperazine rings is 2. The van der Waals surface area contributed by atoms with E-state index in [4.69, 9.17) is 0 Å². The number of likely N-dealkylation sites (N-methyl/N-ethyl adjacent to an activating group) is 1. The van der Waals surface area contributed by atoms with Gasteiger partial charge in [-0.15, -0.1) is 24.8 Å². The Hall–Kier alpha value is -0.890. The van der Waals surface area contributed by atoms with Gasteiger partial charge >= 0.3 is 0 Å². The molecule has 2 heterocycles. The Labute approximate surface area is 181 Å². The van der Waals surface area contributed by atoms with Gasteiger partial charge in [0.2, 0.25) is 0 Å². The second-order valence-corrected chi connectivity index (χ2v) is 7.48. The van der Waals surface area contributed by atoms with Gasteiger partial charge < -0.3 is 20.4 Å². The minimum absolute atomic E-state index is 0. The molecule has 28 heavy (non-hydrogen) atoms. The van der Waals surface area contributed by atoms with Crippen molar-refractivity contribution in [3.63, 3.8) is 0 Å². The SMILES string of the molecule is CN1CCN(Cc2ccc(C(=O)NCCCN3CCNCC3)cc2)CC1.Cl.Cl. The Morgan fingerprint density at radius 1 is 0.964 bits per heavy atom. The quantitative estimate of drug-likeness (QED) is 0.637. The Morgan fingerprint density at radius 3 is 2.25 bits per heavy atom. The van der Waals surface area contributed by atoms with Gasteiger partial charge in [0.25, 0.3) is 5.91 Å². The molecule has 0 spiro atoms. The molecule has 0 saturated carbocycles. The number of hydrogen-bond donors (Lipinski definition) is 2. The van der Waals surface area contributed by atoms with E-state index in [0.29, 0.717) is 0 Å². The fourth-order valence-corrected chi connectivity index (χ4v) is 3.57. The molecular weight excluding hydrogens is 397 g/mol. The maximum atomic E-state index is 12.3. The molecule has 2 N–H and O–H groups in total. The van der Waals surface area contributed by atoms with Crippen LogP contribution in [0.3, 0.4) is 0 Å². The maximum absolute atomic E-state index is 12.3. The number of nitrogens with zero attached hydrogens (tertiary/aromatic N) is 3. The van der Waals surface area contributed by atoms with Crippen LogP contribution in [0.25, 0.3) is 0 Å². The molecule has 2 aliphatic rings. The summed E-state index contributed by atoms with van der Waals surface area (Å²) in [5, 5.41) is 6.41. The van der Waals surface area contributed by atoms with E-state index in [1.54, 1.807) is 0 Å². The molecule has 1 aromatic rings. The van der Waals surface area contributed by atoms with Crippen molar-refractivity contribution in [1.29, 1.82) is 0 Å². The lowest BCUT2D eigenvalue weighted by molar-refractivity contribution is 0.0951. The number of hydrogen-bond acceptors (Lipinski definition) is 5. The van der Waals surface area contributed by atoms with Gasteiger partial charge in [0.15, 0.2) is 0 Å². The number of halogens is 2. The first kappa shape index (κ1) is 25.1. The molecule has 1 amide bonds. The smallest absolute Gasteiger partial charge is 0.251 e. The van der Waals surface area contributed by atoms with Crippen LogP contribution in [0.1, 0.15) is 22.3 Å². The summed E-state index contributed by atoms with van der Waals surface area (Å²) in [6.07, 6.45) is 1.01. The van der Waals surface area contributed by atoms with Crippen molar-refractivity contribution in [2.75, 3.05) is 72.5 Å². The zero-order chi connectivity index (χ0) is 18.2. The van der Waals surface area contributed by atoms with Crippen molar-refractivity contribution < 1.29 is 4.79 Å². The lowest BCUT2D eigenvalue weighted by atomic mass is 10.1. The molecule has 0 unspecified atom stereocenters. The van der Waals surface area contributed by atoms with Gasteiger partial charge in [-0.05, 0) is 37.7 Å². The second-order valence-electron chi connectivity index (χ2n) is 7.48. The average molecular weight is 432 g/mol. The summed E-state index contributed by atoms with van der Waals surface area (Å²) in [6, 6.07) is 8.09. The molecule has 1 aromatic carbocycles. The molecule has 160 valence electrons. The normalized spacial score (nSPS) is 18.8. The highest BCUT2D eigenvalue weighted by atomic mass is 35.5. The number of benzene rings is 1. The molecule has 0 bridgehead atoms. The van der Waals surface area contributed by atoms with Gasteiger partial charge in [-0.2, -0.15) is 0 Å². The lowest BCUT2D eigenvalue weighted by Crippen LogP contribution is -2.44. The van der Waals surface area contributed by atoms with Gasteiger partial charge in [0, 0.05) is 71.0 Å². The van der Waals surface area contributed by atoms with Crippen LogP contribution in [0, 0.1) is 0 Å². The predicted octanol–water partition coefficient (Wildman–Crippen LogP) is 1.30. The lowest BCUT2D eigenvalue weighted by Gasteiger charge is -2.32. The van der Waals surface area contributed by atoms with Crippen molar-refractivity contribution in [3.05, 3.63) is 35.4 Å². The molecule has 8 heteroatoms. The standard InChI is InChI=1S/C20H33N5O.2ClH/c1-23-13-15-25(16-14-23)17-18-3-5-19(6-4-18)20(26)22-7-2-10-24-11-8-21-9-12-24;;/h3-6,21H,2,7-17H2,1H3,(H,22,26);2*1H. The Morgan fingerprint density at radius 2 is 1.61 bits per heavy atom. The summed E-state index contributed by atoms with van der Waals surface area (Å²) >= 11 is 0. The van der Waals surface area contributed by atoms with Crippen molar-refractivity contribution in [1.82, 2.24) is 25.3 Å². The summed E-state index contributed by atoms with van der Waals surface area (Å²) in [5.41, 5.74) is 2.04. The molecule has 0 aromatic heterocycles. The van der Waals surface area contributed by atoms with Crippen LogP contribution < -0.4 is 10.6 Å². The summed E-state index contributed by atoms with van der Waals surface area (Å²) in [7, 11) is 2.18. The van der Waals surface area contributed by atoms with Crippen LogP contribution in [0.5, 0.6) is 0 Å². The molecule has 0 atom stereocenters. The summed E-state index contributed by atoms with van der Waals surface area (Å²) in [5.74, 6) is 0.0384. The highest BCUT2D eigenvalue weighted by Crippen LogP contribution is 2.10. The fraction of sp³-hybridized carbons (Fsp3) is 0.650. The van der Waals surface area contributed by atoms with E-state index < -0.39 is 0 Å². The van der Waals surface area contributed by atoms with Gasteiger partial charge in [-0.3, -0.25) is 9.69 Å². The summed E-state index contributed by atoms with van der Waals surface area (Å²) in [4.78, 5) is 19.6.